The Bertz CT molecular complexity index is 610. The van der Waals surface area contributed by atoms with Gasteiger partial charge in [-0.2, -0.15) is 0 Å². The predicted molar refractivity (Wildman–Crippen MR) is 63.9 cm³/mol. The molecule has 2 heterocycles. The summed E-state index contributed by atoms with van der Waals surface area (Å²) in [7, 11) is 0. The van der Waals surface area contributed by atoms with Gasteiger partial charge in [-0.25, -0.2) is 0 Å². The zero-order valence-corrected chi connectivity index (χ0v) is 8.55. The highest BCUT2D eigenvalue weighted by molar-refractivity contribution is 5.85. The van der Waals surface area contributed by atoms with Crippen LogP contribution in [0.2, 0.25) is 0 Å². The number of para-hydroxylation sites is 1. The fraction of sp³-hybridized carbons (Fsp3) is 0. The van der Waals surface area contributed by atoms with Gasteiger partial charge in [-0.05, 0) is 18.2 Å². The van der Waals surface area contributed by atoms with Crippen LogP contribution < -0.4 is 5.73 Å². The molecule has 0 saturated carbocycles. The van der Waals surface area contributed by atoms with Gasteiger partial charge in [0.1, 0.15) is 11.3 Å². The first kappa shape index (κ1) is 8.97. The van der Waals surface area contributed by atoms with E-state index in [0.29, 0.717) is 5.69 Å². The molecule has 0 aliphatic carbocycles. The summed E-state index contributed by atoms with van der Waals surface area (Å²) >= 11 is 0. The maximum atomic E-state index is 5.85. The smallest absolute Gasteiger partial charge is 0.137 e. The van der Waals surface area contributed by atoms with Crippen LogP contribution in [-0.2, 0) is 0 Å². The van der Waals surface area contributed by atoms with Crippen molar-refractivity contribution >= 4 is 16.7 Å². The number of pyridine rings is 1. The minimum absolute atomic E-state index is 0.626. The molecule has 3 heteroatoms. The van der Waals surface area contributed by atoms with Crippen molar-refractivity contribution in [2.24, 2.45) is 0 Å². The van der Waals surface area contributed by atoms with Crippen LogP contribution in [-0.4, -0.2) is 4.98 Å². The van der Waals surface area contributed by atoms with E-state index < -0.39 is 0 Å². The van der Waals surface area contributed by atoms with Crippen LogP contribution >= 0.6 is 0 Å². The van der Waals surface area contributed by atoms with Crippen molar-refractivity contribution in [3.8, 4) is 11.3 Å². The van der Waals surface area contributed by atoms with E-state index in [4.69, 9.17) is 10.2 Å². The van der Waals surface area contributed by atoms with Gasteiger partial charge < -0.3 is 10.2 Å². The summed E-state index contributed by atoms with van der Waals surface area (Å²) in [5.74, 6) is 0.779. The van der Waals surface area contributed by atoms with Crippen LogP contribution in [0.3, 0.4) is 0 Å². The van der Waals surface area contributed by atoms with Gasteiger partial charge in [0.2, 0.25) is 0 Å². The van der Waals surface area contributed by atoms with Crippen LogP contribution in [0.1, 0.15) is 0 Å². The lowest BCUT2D eigenvalue weighted by Gasteiger charge is -1.99. The number of rotatable bonds is 1. The topological polar surface area (TPSA) is 52.0 Å². The average molecular weight is 210 g/mol. The molecule has 3 aromatic rings. The fourth-order valence-corrected chi connectivity index (χ4v) is 1.75. The van der Waals surface area contributed by atoms with Crippen molar-refractivity contribution in [1.82, 2.24) is 4.98 Å². The van der Waals surface area contributed by atoms with Crippen molar-refractivity contribution in [2.75, 3.05) is 5.73 Å². The van der Waals surface area contributed by atoms with E-state index in [0.717, 1.165) is 22.3 Å². The molecule has 0 radical (unpaired) electrons. The summed E-state index contributed by atoms with van der Waals surface area (Å²) in [6.45, 7) is 0. The van der Waals surface area contributed by atoms with E-state index in [9.17, 15) is 0 Å². The number of nitrogens with two attached hydrogens (primary N) is 1. The Labute approximate surface area is 92.5 Å². The van der Waals surface area contributed by atoms with Crippen molar-refractivity contribution in [2.45, 2.75) is 0 Å². The van der Waals surface area contributed by atoms with Crippen LogP contribution in [0.15, 0.2) is 53.2 Å². The molecule has 1 aromatic carbocycles. The van der Waals surface area contributed by atoms with Crippen LogP contribution in [0.25, 0.3) is 22.3 Å². The Morgan fingerprint density at radius 3 is 2.81 bits per heavy atom. The monoisotopic (exact) mass is 210 g/mol. The number of nitrogen functional groups attached to an aromatic ring is 1. The molecule has 0 unspecified atom stereocenters. The minimum atomic E-state index is 0.626. The summed E-state index contributed by atoms with van der Waals surface area (Å²) in [5, 5.41) is 1.08. The third-order valence-electron chi connectivity index (χ3n) is 2.54. The van der Waals surface area contributed by atoms with Crippen LogP contribution in [0.5, 0.6) is 0 Å². The number of furan rings is 1. The largest absolute Gasteiger partial charge is 0.456 e. The highest BCUT2D eigenvalue weighted by atomic mass is 16.3. The van der Waals surface area contributed by atoms with Gasteiger partial charge in [0.15, 0.2) is 0 Å². The third-order valence-corrected chi connectivity index (χ3v) is 2.54. The van der Waals surface area contributed by atoms with Gasteiger partial charge in [0.25, 0.3) is 0 Å². The van der Waals surface area contributed by atoms with Gasteiger partial charge in [-0.1, -0.05) is 18.2 Å². The molecule has 2 aromatic heterocycles. The normalized spacial score (nSPS) is 10.8. The molecule has 2 N–H and O–H groups in total. The number of fused-ring (bicyclic) bond motifs is 1. The molecule has 3 nitrogen and oxygen atoms in total. The SMILES string of the molecule is Nc1cnccc1-c1cc2ccccc2o1. The molecule has 0 amide bonds. The van der Waals surface area contributed by atoms with Crippen molar-refractivity contribution in [3.05, 3.63) is 48.8 Å². The van der Waals surface area contributed by atoms with Crippen LogP contribution in [0, 0.1) is 0 Å². The molecular formula is C13H10N2O. The Balaban J connectivity index is 2.23. The first-order valence-electron chi connectivity index (χ1n) is 5.03. The Hall–Kier alpha value is -2.29. The van der Waals surface area contributed by atoms with E-state index in [-0.39, 0.29) is 0 Å². The number of nitrogens with zero attached hydrogens (tertiary/aromatic N) is 1. The summed E-state index contributed by atoms with van der Waals surface area (Å²) in [6, 6.07) is 11.7. The third kappa shape index (κ3) is 1.34. The highest BCUT2D eigenvalue weighted by Crippen LogP contribution is 2.30. The summed E-state index contributed by atoms with van der Waals surface area (Å²) in [5.41, 5.74) is 8.23. The van der Waals surface area contributed by atoms with Crippen molar-refractivity contribution in [1.29, 1.82) is 0 Å². The lowest BCUT2D eigenvalue weighted by molar-refractivity contribution is 0.632. The Morgan fingerprint density at radius 2 is 2.00 bits per heavy atom. The molecule has 3 rings (SSSR count). The summed E-state index contributed by atoms with van der Waals surface area (Å²) in [6.07, 6.45) is 3.33. The Kier molecular flexibility index (Phi) is 1.90. The molecule has 0 spiro atoms. The van der Waals surface area contributed by atoms with Gasteiger partial charge >= 0.3 is 0 Å². The quantitative estimate of drug-likeness (QED) is 0.671. The van der Waals surface area contributed by atoms with Crippen molar-refractivity contribution < 1.29 is 4.42 Å². The number of hydrogen-bond acceptors (Lipinski definition) is 3. The van der Waals surface area contributed by atoms with Crippen LogP contribution in [0.4, 0.5) is 5.69 Å². The number of hydrogen-bond donors (Lipinski definition) is 1. The standard InChI is InChI=1S/C13H10N2O/c14-11-8-15-6-5-10(11)13-7-9-3-1-2-4-12(9)16-13/h1-8H,14H2. The molecule has 0 fully saturated rings. The fourth-order valence-electron chi connectivity index (χ4n) is 1.75. The van der Waals surface area contributed by atoms with Gasteiger partial charge in [-0.3, -0.25) is 4.98 Å². The molecule has 0 aliphatic rings. The maximum Gasteiger partial charge on any atom is 0.137 e. The van der Waals surface area contributed by atoms with Gasteiger partial charge in [-0.15, -0.1) is 0 Å². The van der Waals surface area contributed by atoms with E-state index in [1.807, 2.05) is 36.4 Å². The molecule has 16 heavy (non-hydrogen) atoms. The zero-order chi connectivity index (χ0) is 11.0. The number of anilines is 1. The molecule has 0 atom stereocenters. The molecular weight excluding hydrogens is 200 g/mol. The second-order valence-corrected chi connectivity index (χ2v) is 3.61. The zero-order valence-electron chi connectivity index (χ0n) is 8.55. The molecule has 0 aliphatic heterocycles. The number of benzene rings is 1. The Morgan fingerprint density at radius 1 is 1.12 bits per heavy atom. The van der Waals surface area contributed by atoms with E-state index in [1.165, 1.54) is 0 Å². The summed E-state index contributed by atoms with van der Waals surface area (Å²) < 4.78 is 5.73. The van der Waals surface area contributed by atoms with E-state index in [1.54, 1.807) is 12.4 Å². The van der Waals surface area contributed by atoms with E-state index >= 15 is 0 Å². The lowest BCUT2D eigenvalue weighted by Crippen LogP contribution is -1.89. The maximum absolute atomic E-state index is 5.85. The molecule has 0 bridgehead atoms. The van der Waals surface area contributed by atoms with Gasteiger partial charge in [0.05, 0.1) is 11.9 Å². The minimum Gasteiger partial charge on any atom is -0.456 e. The van der Waals surface area contributed by atoms with E-state index in [2.05, 4.69) is 4.98 Å². The summed E-state index contributed by atoms with van der Waals surface area (Å²) in [4.78, 5) is 3.96. The lowest BCUT2D eigenvalue weighted by atomic mass is 10.1. The molecule has 0 saturated heterocycles. The first-order chi connectivity index (χ1) is 7.84. The predicted octanol–water partition coefficient (Wildman–Crippen LogP) is 3.08. The molecule has 78 valence electrons. The highest BCUT2D eigenvalue weighted by Gasteiger charge is 2.07. The first-order valence-corrected chi connectivity index (χ1v) is 5.03. The van der Waals surface area contributed by atoms with Gasteiger partial charge in [0, 0.05) is 17.1 Å². The second kappa shape index (κ2) is 3.38. The average Bonchev–Trinajstić information content (AvgIpc) is 2.73. The second-order valence-electron chi connectivity index (χ2n) is 3.61. The van der Waals surface area contributed by atoms with Crippen molar-refractivity contribution in [3.63, 3.8) is 0 Å². The number of aromatic nitrogens is 1.